The molecule has 2 fully saturated rings. The largest absolute Gasteiger partial charge is 0.347 e. The minimum absolute atomic E-state index is 0. The maximum absolute atomic E-state index is 12.7. The van der Waals surface area contributed by atoms with Gasteiger partial charge in [0.05, 0.1) is 4.92 Å². The molecule has 2 saturated carbocycles. The van der Waals surface area contributed by atoms with E-state index >= 15 is 0 Å². The van der Waals surface area contributed by atoms with Crippen molar-refractivity contribution in [3.63, 3.8) is 0 Å². The molecule has 0 saturated heterocycles. The quantitative estimate of drug-likeness (QED) is 0.630. The average Bonchev–Trinajstić information content (AvgIpc) is 2.74. The summed E-state index contributed by atoms with van der Waals surface area (Å²) in [6.45, 7) is 1.54. The van der Waals surface area contributed by atoms with E-state index in [4.69, 9.17) is 5.73 Å². The van der Waals surface area contributed by atoms with E-state index in [1.807, 2.05) is 0 Å². The number of aromatic nitrogens is 2. The summed E-state index contributed by atoms with van der Waals surface area (Å²) in [4.78, 5) is 23.4. The predicted octanol–water partition coefficient (Wildman–Crippen LogP) is 1.69. The molecule has 8 nitrogen and oxygen atoms in total. The second kappa shape index (κ2) is 7.06. The van der Waals surface area contributed by atoms with Crippen molar-refractivity contribution in [2.75, 3.05) is 0 Å². The molecule has 3 rings (SSSR count). The van der Waals surface area contributed by atoms with Crippen LogP contribution in [0.3, 0.4) is 0 Å². The molecule has 9 heteroatoms. The van der Waals surface area contributed by atoms with Crippen LogP contribution in [0.2, 0.25) is 0 Å². The van der Waals surface area contributed by atoms with Crippen molar-refractivity contribution < 1.29 is 9.72 Å². The molecule has 24 heavy (non-hydrogen) atoms. The van der Waals surface area contributed by atoms with Gasteiger partial charge < -0.3 is 11.1 Å². The SMILES string of the molecule is Cc1nn(C)c(C(=O)NC2C3CCCC2CC(N)C3)c1[N+](=O)[O-].Cl. The fraction of sp³-hybridized carbons (Fsp3) is 0.733. The number of carbonyl (C=O) groups excluding carboxylic acids is 1. The molecule has 2 aliphatic carbocycles. The van der Waals surface area contributed by atoms with Crippen LogP contribution < -0.4 is 11.1 Å². The number of hydrogen-bond donors (Lipinski definition) is 2. The number of fused-ring (bicyclic) bond motifs is 2. The minimum atomic E-state index is -0.533. The van der Waals surface area contributed by atoms with E-state index in [1.165, 1.54) is 11.1 Å². The lowest BCUT2D eigenvalue weighted by Crippen LogP contribution is -2.54. The van der Waals surface area contributed by atoms with Crippen LogP contribution in [-0.4, -0.2) is 32.7 Å². The first-order chi connectivity index (χ1) is 10.9. The standard InChI is InChI=1S/C15H23N5O3.ClH/c1-8-13(20(22)23)14(19(2)18-8)15(21)17-12-9-4-3-5-10(12)7-11(16)6-9;/h9-12H,3-7,16H2,1-2H3,(H,17,21);1H. The van der Waals surface area contributed by atoms with Gasteiger partial charge in [0, 0.05) is 19.1 Å². The number of halogens is 1. The Balaban J connectivity index is 0.00000208. The Kier molecular flexibility index (Phi) is 5.49. The molecule has 1 heterocycles. The average molecular weight is 358 g/mol. The number of nitrogens with two attached hydrogens (primary N) is 1. The van der Waals surface area contributed by atoms with E-state index in [0.29, 0.717) is 11.8 Å². The van der Waals surface area contributed by atoms with Gasteiger partial charge in [-0.1, -0.05) is 6.42 Å². The number of amides is 1. The molecule has 0 aromatic carbocycles. The molecule has 1 aromatic heterocycles. The lowest BCUT2D eigenvalue weighted by atomic mass is 9.67. The van der Waals surface area contributed by atoms with Gasteiger partial charge in [0.2, 0.25) is 5.69 Å². The monoisotopic (exact) mass is 357 g/mol. The van der Waals surface area contributed by atoms with Crippen LogP contribution >= 0.6 is 12.4 Å². The topological polar surface area (TPSA) is 116 Å². The van der Waals surface area contributed by atoms with Gasteiger partial charge in [0.1, 0.15) is 5.69 Å². The summed E-state index contributed by atoms with van der Waals surface area (Å²) in [5.41, 5.74) is 6.18. The van der Waals surface area contributed by atoms with Gasteiger partial charge in [-0.05, 0) is 44.4 Å². The highest BCUT2D eigenvalue weighted by Crippen LogP contribution is 2.40. The van der Waals surface area contributed by atoms with Gasteiger partial charge in [-0.25, -0.2) is 0 Å². The van der Waals surface area contributed by atoms with Crippen LogP contribution in [0, 0.1) is 28.9 Å². The van der Waals surface area contributed by atoms with Gasteiger partial charge in [0.15, 0.2) is 0 Å². The number of nitrogens with zero attached hydrogens (tertiary/aromatic N) is 3. The third-order valence-corrected chi connectivity index (χ3v) is 5.26. The smallest absolute Gasteiger partial charge is 0.322 e. The second-order valence-corrected chi connectivity index (χ2v) is 6.85. The van der Waals surface area contributed by atoms with Crippen molar-refractivity contribution in [3.8, 4) is 0 Å². The van der Waals surface area contributed by atoms with Gasteiger partial charge >= 0.3 is 5.69 Å². The van der Waals surface area contributed by atoms with Crippen LogP contribution in [0.1, 0.15) is 48.3 Å². The Morgan fingerprint density at radius 1 is 1.38 bits per heavy atom. The number of aryl methyl sites for hydroxylation is 2. The summed E-state index contributed by atoms with van der Waals surface area (Å²) >= 11 is 0. The first-order valence-electron chi connectivity index (χ1n) is 8.13. The van der Waals surface area contributed by atoms with Crippen LogP contribution in [0.4, 0.5) is 5.69 Å². The van der Waals surface area contributed by atoms with Crippen LogP contribution in [-0.2, 0) is 7.05 Å². The lowest BCUT2D eigenvalue weighted by molar-refractivity contribution is -0.385. The number of hydrogen-bond acceptors (Lipinski definition) is 5. The maximum atomic E-state index is 12.7. The van der Waals surface area contributed by atoms with Crippen molar-refractivity contribution in [2.45, 2.75) is 51.1 Å². The highest BCUT2D eigenvalue weighted by atomic mass is 35.5. The predicted molar refractivity (Wildman–Crippen MR) is 91.1 cm³/mol. The summed E-state index contributed by atoms with van der Waals surface area (Å²) in [6.07, 6.45) is 5.10. The Hall–Kier alpha value is -1.67. The lowest BCUT2D eigenvalue weighted by Gasteiger charge is -2.45. The van der Waals surface area contributed by atoms with Crippen LogP contribution in [0.5, 0.6) is 0 Å². The molecule has 134 valence electrons. The van der Waals surface area contributed by atoms with Gasteiger partial charge in [-0.2, -0.15) is 5.10 Å². The maximum Gasteiger partial charge on any atom is 0.322 e. The summed E-state index contributed by atoms with van der Waals surface area (Å²) in [5.74, 6) is 0.335. The van der Waals surface area contributed by atoms with Crippen molar-refractivity contribution in [3.05, 3.63) is 21.5 Å². The van der Waals surface area contributed by atoms with Gasteiger partial charge in [0.25, 0.3) is 5.91 Å². The zero-order valence-electron chi connectivity index (χ0n) is 13.9. The second-order valence-electron chi connectivity index (χ2n) is 6.85. The Morgan fingerprint density at radius 3 is 2.50 bits per heavy atom. The van der Waals surface area contributed by atoms with Gasteiger partial charge in [-0.3, -0.25) is 19.6 Å². The Morgan fingerprint density at radius 2 is 1.96 bits per heavy atom. The molecule has 1 aromatic rings. The zero-order chi connectivity index (χ0) is 16.7. The molecule has 2 atom stereocenters. The number of nitrogens with one attached hydrogen (secondary N) is 1. The molecular formula is C15H24ClN5O3. The minimum Gasteiger partial charge on any atom is -0.347 e. The van der Waals surface area contributed by atoms with E-state index in [2.05, 4.69) is 10.4 Å². The van der Waals surface area contributed by atoms with Gasteiger partial charge in [-0.15, -0.1) is 12.4 Å². The van der Waals surface area contributed by atoms with E-state index in [0.717, 1.165) is 25.7 Å². The fourth-order valence-corrected chi connectivity index (χ4v) is 4.36. The summed E-state index contributed by atoms with van der Waals surface area (Å²) in [7, 11) is 1.56. The first kappa shape index (κ1) is 18.7. The molecular weight excluding hydrogens is 334 g/mol. The normalized spacial score (nSPS) is 28.8. The summed E-state index contributed by atoms with van der Waals surface area (Å²) < 4.78 is 1.30. The van der Waals surface area contributed by atoms with Crippen molar-refractivity contribution in [1.29, 1.82) is 0 Å². The number of carbonyl (C=O) groups is 1. The van der Waals surface area contributed by atoms with Crippen molar-refractivity contribution in [1.82, 2.24) is 15.1 Å². The molecule has 2 aliphatic rings. The van der Waals surface area contributed by atoms with Crippen molar-refractivity contribution >= 4 is 24.0 Å². The molecule has 0 radical (unpaired) electrons. The van der Waals surface area contributed by atoms with Crippen LogP contribution in [0.25, 0.3) is 0 Å². The molecule has 0 aliphatic heterocycles. The molecule has 3 N–H and O–H groups in total. The number of rotatable bonds is 3. The van der Waals surface area contributed by atoms with E-state index < -0.39 is 10.8 Å². The Labute approximate surface area is 146 Å². The van der Waals surface area contributed by atoms with Crippen LogP contribution in [0.15, 0.2) is 0 Å². The summed E-state index contributed by atoms with van der Waals surface area (Å²) in [6, 6.07) is 0.262. The van der Waals surface area contributed by atoms with E-state index in [-0.39, 0.29) is 41.6 Å². The molecule has 1 amide bonds. The Bertz CT molecular complexity index is 633. The third-order valence-electron chi connectivity index (χ3n) is 5.26. The van der Waals surface area contributed by atoms with Crippen molar-refractivity contribution in [2.24, 2.45) is 24.6 Å². The highest BCUT2D eigenvalue weighted by molar-refractivity contribution is 5.97. The third kappa shape index (κ3) is 3.25. The number of nitro groups is 1. The molecule has 2 unspecified atom stereocenters. The molecule has 2 bridgehead atoms. The first-order valence-corrected chi connectivity index (χ1v) is 8.13. The van der Waals surface area contributed by atoms with E-state index in [9.17, 15) is 14.9 Å². The molecule has 0 spiro atoms. The highest BCUT2D eigenvalue weighted by Gasteiger charge is 2.41. The van der Waals surface area contributed by atoms with E-state index in [1.54, 1.807) is 14.0 Å². The fourth-order valence-electron chi connectivity index (χ4n) is 4.36. The summed E-state index contributed by atoms with van der Waals surface area (Å²) in [5, 5.41) is 18.3. The zero-order valence-corrected chi connectivity index (χ0v) is 14.7.